The number of carbonyl (C=O) groups excluding carboxylic acids is 2. The van der Waals surface area contributed by atoms with Gasteiger partial charge in [0.2, 0.25) is 0 Å². The quantitative estimate of drug-likeness (QED) is 0.236. The first kappa shape index (κ1) is 25.4. The fraction of sp³-hybridized carbons (Fsp3) is 0.333. The van der Waals surface area contributed by atoms with Crippen LogP contribution in [-0.2, 0) is 16.1 Å². The van der Waals surface area contributed by atoms with Crippen molar-refractivity contribution in [1.82, 2.24) is 10.3 Å². The third-order valence-corrected chi connectivity index (χ3v) is 6.40. The van der Waals surface area contributed by atoms with Gasteiger partial charge in [-0.3, -0.25) is 5.01 Å². The van der Waals surface area contributed by atoms with Crippen molar-refractivity contribution in [1.29, 1.82) is 0 Å². The first-order valence-electron chi connectivity index (χ1n) is 10.9. The summed E-state index contributed by atoms with van der Waals surface area (Å²) in [4.78, 5) is 25.2. The number of anilines is 1. The average molecular weight is 486 g/mol. The molecule has 0 bridgehead atoms. The van der Waals surface area contributed by atoms with E-state index in [0.29, 0.717) is 22.9 Å². The standard InChI is InChI=1S/C24H31N5O4S/c1-6-32-23(30)22-21(27-16(4)34-22)17-10-11-20(15(3)12-17)33-13-18-14(2)8-7-9-19(18)29(26)24(31)28(5)25/h7-12,16,27H,6,13,25-26H2,1-5H3. The van der Waals surface area contributed by atoms with Gasteiger partial charge in [0.25, 0.3) is 0 Å². The summed E-state index contributed by atoms with van der Waals surface area (Å²) in [5, 5.41) is 5.35. The lowest BCUT2D eigenvalue weighted by Crippen LogP contribution is -2.49. The maximum atomic E-state index is 12.4. The van der Waals surface area contributed by atoms with E-state index in [1.807, 2.05) is 51.1 Å². The Kier molecular flexibility index (Phi) is 8.08. The van der Waals surface area contributed by atoms with Gasteiger partial charge in [-0.2, -0.15) is 0 Å². The third kappa shape index (κ3) is 5.46. The highest BCUT2D eigenvalue weighted by Gasteiger charge is 2.28. The number of amides is 2. The van der Waals surface area contributed by atoms with Crippen molar-refractivity contribution in [2.45, 2.75) is 39.7 Å². The third-order valence-electron chi connectivity index (χ3n) is 5.32. The molecule has 2 aromatic rings. The molecular weight excluding hydrogens is 454 g/mol. The van der Waals surface area contributed by atoms with E-state index in [2.05, 4.69) is 5.32 Å². The number of esters is 1. The summed E-state index contributed by atoms with van der Waals surface area (Å²) in [6, 6.07) is 10.7. The zero-order valence-corrected chi connectivity index (χ0v) is 20.9. The highest BCUT2D eigenvalue weighted by molar-refractivity contribution is 8.05. The largest absolute Gasteiger partial charge is 0.489 e. The van der Waals surface area contributed by atoms with E-state index in [1.165, 1.54) is 18.8 Å². The second-order valence-electron chi connectivity index (χ2n) is 7.93. The van der Waals surface area contributed by atoms with Crippen LogP contribution in [0.3, 0.4) is 0 Å². The lowest BCUT2D eigenvalue weighted by Gasteiger charge is -2.24. The molecule has 1 unspecified atom stereocenters. The Balaban J connectivity index is 1.84. The Morgan fingerprint density at radius 2 is 1.88 bits per heavy atom. The minimum absolute atomic E-state index is 0.0691. The van der Waals surface area contributed by atoms with Crippen molar-refractivity contribution < 1.29 is 19.1 Å². The van der Waals surface area contributed by atoms with E-state index in [9.17, 15) is 9.59 Å². The lowest BCUT2D eigenvalue weighted by atomic mass is 10.1. The van der Waals surface area contributed by atoms with Gasteiger partial charge in [0.15, 0.2) is 0 Å². The number of hydrogen-bond donors (Lipinski definition) is 3. The first-order valence-corrected chi connectivity index (χ1v) is 11.8. The van der Waals surface area contributed by atoms with Crippen LogP contribution in [0.1, 0.15) is 36.1 Å². The van der Waals surface area contributed by atoms with E-state index in [-0.39, 0.29) is 18.0 Å². The van der Waals surface area contributed by atoms with Crippen LogP contribution >= 0.6 is 11.8 Å². The van der Waals surface area contributed by atoms with Gasteiger partial charge in [-0.05, 0) is 68.7 Å². The molecular formula is C24H31N5O4S. The van der Waals surface area contributed by atoms with Crippen LogP contribution in [-0.4, -0.2) is 36.0 Å². The van der Waals surface area contributed by atoms with Gasteiger partial charge in [-0.1, -0.05) is 23.9 Å². The maximum Gasteiger partial charge on any atom is 0.352 e. The minimum atomic E-state index is -0.547. The van der Waals surface area contributed by atoms with E-state index < -0.39 is 6.03 Å². The molecule has 0 saturated heterocycles. The number of nitrogens with zero attached hydrogens (tertiary/aromatic N) is 2. The number of benzene rings is 2. The summed E-state index contributed by atoms with van der Waals surface area (Å²) in [7, 11) is 1.43. The molecule has 2 amide bonds. The Morgan fingerprint density at radius 3 is 2.53 bits per heavy atom. The molecule has 0 saturated carbocycles. The Labute approximate surface area is 204 Å². The normalized spacial score (nSPS) is 15.1. The number of ether oxygens (including phenoxy) is 2. The Morgan fingerprint density at radius 1 is 1.15 bits per heavy atom. The first-order chi connectivity index (χ1) is 16.1. The molecule has 34 heavy (non-hydrogen) atoms. The number of hydrazine groups is 2. The highest BCUT2D eigenvalue weighted by atomic mass is 32.2. The summed E-state index contributed by atoms with van der Waals surface area (Å²) >= 11 is 1.45. The van der Waals surface area contributed by atoms with Gasteiger partial charge in [-0.15, -0.1) is 0 Å². The van der Waals surface area contributed by atoms with Crippen molar-refractivity contribution in [3.63, 3.8) is 0 Å². The zero-order valence-electron chi connectivity index (χ0n) is 20.0. The number of rotatable bonds is 7. The lowest BCUT2D eigenvalue weighted by molar-refractivity contribution is -0.137. The molecule has 5 N–H and O–H groups in total. The minimum Gasteiger partial charge on any atom is -0.489 e. The zero-order chi connectivity index (χ0) is 25.0. The van der Waals surface area contributed by atoms with Gasteiger partial charge >= 0.3 is 12.0 Å². The molecule has 2 aromatic carbocycles. The van der Waals surface area contributed by atoms with E-state index >= 15 is 0 Å². The predicted octanol–water partition coefficient (Wildman–Crippen LogP) is 3.40. The Bertz CT molecular complexity index is 1120. The van der Waals surface area contributed by atoms with Crippen LogP contribution in [0.2, 0.25) is 0 Å². The molecule has 9 nitrogen and oxygen atoms in total. The molecule has 1 aliphatic rings. The maximum absolute atomic E-state index is 12.4. The molecule has 0 fully saturated rings. The molecule has 10 heteroatoms. The summed E-state index contributed by atoms with van der Waals surface area (Å²) in [6.45, 7) is 8.18. The van der Waals surface area contributed by atoms with Gasteiger partial charge in [-0.25, -0.2) is 26.3 Å². The van der Waals surface area contributed by atoms with Crippen molar-refractivity contribution in [2.24, 2.45) is 11.7 Å². The fourth-order valence-electron chi connectivity index (χ4n) is 3.59. The number of hydrogen-bond acceptors (Lipinski definition) is 8. The van der Waals surface area contributed by atoms with Crippen molar-refractivity contribution in [3.8, 4) is 5.75 Å². The van der Waals surface area contributed by atoms with Crippen LogP contribution in [0.5, 0.6) is 5.75 Å². The number of nitrogens with one attached hydrogen (secondary N) is 1. The molecule has 182 valence electrons. The smallest absolute Gasteiger partial charge is 0.352 e. The number of urea groups is 1. The molecule has 0 radical (unpaired) electrons. The molecule has 3 rings (SSSR count). The summed E-state index contributed by atoms with van der Waals surface area (Å²) in [5.74, 6) is 11.9. The number of thioether (sulfide) groups is 1. The number of nitrogens with two attached hydrogens (primary N) is 2. The van der Waals surface area contributed by atoms with Gasteiger partial charge in [0.1, 0.15) is 17.3 Å². The molecule has 1 atom stereocenters. The van der Waals surface area contributed by atoms with Crippen LogP contribution in [0, 0.1) is 13.8 Å². The summed E-state index contributed by atoms with van der Waals surface area (Å²) < 4.78 is 11.3. The molecule has 0 aromatic heterocycles. The topological polar surface area (TPSA) is 123 Å². The van der Waals surface area contributed by atoms with Gasteiger partial charge in [0.05, 0.1) is 23.4 Å². The van der Waals surface area contributed by atoms with Crippen molar-refractivity contribution >= 4 is 35.1 Å². The van der Waals surface area contributed by atoms with Gasteiger partial charge < -0.3 is 14.8 Å². The average Bonchev–Trinajstić information content (AvgIpc) is 3.19. The highest BCUT2D eigenvalue weighted by Crippen LogP contribution is 2.37. The van der Waals surface area contributed by atoms with E-state index in [4.69, 9.17) is 21.2 Å². The molecule has 0 aliphatic carbocycles. The van der Waals surface area contributed by atoms with E-state index in [0.717, 1.165) is 38.0 Å². The van der Waals surface area contributed by atoms with Crippen LogP contribution in [0.15, 0.2) is 41.3 Å². The predicted molar refractivity (Wildman–Crippen MR) is 134 cm³/mol. The van der Waals surface area contributed by atoms with E-state index in [1.54, 1.807) is 13.0 Å². The number of carbonyl (C=O) groups is 2. The second kappa shape index (κ2) is 10.8. The monoisotopic (exact) mass is 485 g/mol. The van der Waals surface area contributed by atoms with Crippen LogP contribution in [0.4, 0.5) is 10.5 Å². The number of aryl methyl sites for hydroxylation is 2. The SMILES string of the molecule is CCOC(=O)C1=C(c2ccc(OCc3c(C)cccc3N(N)C(=O)N(C)N)c(C)c2)NC(C)S1. The molecule has 1 heterocycles. The van der Waals surface area contributed by atoms with Crippen molar-refractivity contribution in [3.05, 3.63) is 63.6 Å². The molecule has 1 aliphatic heterocycles. The molecule has 0 spiro atoms. The fourth-order valence-corrected chi connectivity index (χ4v) is 4.57. The van der Waals surface area contributed by atoms with Crippen LogP contribution in [0.25, 0.3) is 5.70 Å². The van der Waals surface area contributed by atoms with Crippen LogP contribution < -0.4 is 26.7 Å². The summed E-state index contributed by atoms with van der Waals surface area (Å²) in [6.07, 6.45) is 0. The summed E-state index contributed by atoms with van der Waals surface area (Å²) in [5.41, 5.74) is 4.76. The Hall–Kier alpha value is -3.21. The van der Waals surface area contributed by atoms with Gasteiger partial charge in [0, 0.05) is 12.6 Å². The van der Waals surface area contributed by atoms with Crippen molar-refractivity contribution in [2.75, 3.05) is 18.7 Å². The second-order valence-corrected chi connectivity index (χ2v) is 9.29.